The Hall–Kier alpha value is -2.96. The Balaban J connectivity index is 1.94. The smallest absolute Gasteiger partial charge is 0.258 e. The van der Waals surface area contributed by atoms with Gasteiger partial charge in [0.1, 0.15) is 17.6 Å². The van der Waals surface area contributed by atoms with Crippen molar-refractivity contribution in [3.8, 4) is 5.75 Å². The van der Waals surface area contributed by atoms with Crippen molar-refractivity contribution < 1.29 is 14.3 Å². The lowest BCUT2D eigenvalue weighted by Crippen LogP contribution is -2.48. The average Bonchev–Trinajstić information content (AvgIpc) is 2.64. The normalized spacial score (nSPS) is 12.4. The van der Waals surface area contributed by atoms with Gasteiger partial charge in [-0.25, -0.2) is 9.97 Å². The highest BCUT2D eigenvalue weighted by Crippen LogP contribution is 2.18. The van der Waals surface area contributed by atoms with Crippen molar-refractivity contribution in [1.29, 1.82) is 0 Å². The largest absolute Gasteiger partial charge is 0.484 e. The molecule has 2 aromatic rings. The lowest BCUT2D eigenvalue weighted by molar-refractivity contribution is -0.128. The summed E-state index contributed by atoms with van der Waals surface area (Å²) in [6.07, 6.45) is 3.15. The fourth-order valence-electron chi connectivity index (χ4n) is 2.42. The summed E-state index contributed by atoms with van der Waals surface area (Å²) < 4.78 is 5.43. The van der Waals surface area contributed by atoms with Crippen LogP contribution in [0.2, 0.25) is 0 Å². The molecule has 0 saturated carbocycles. The van der Waals surface area contributed by atoms with Gasteiger partial charge in [-0.15, -0.1) is 0 Å². The van der Waals surface area contributed by atoms with Crippen LogP contribution in [0, 0.1) is 5.92 Å². The molecule has 0 bridgehead atoms. The number of nitrogens with zero attached hydrogens (tertiary/aromatic N) is 2. The quantitative estimate of drug-likeness (QED) is 0.766. The second-order valence-electron chi connectivity index (χ2n) is 7.93. The van der Waals surface area contributed by atoms with Gasteiger partial charge in [0.25, 0.3) is 5.91 Å². The number of para-hydroxylation sites is 1. The molecule has 1 unspecified atom stereocenters. The van der Waals surface area contributed by atoms with Crippen molar-refractivity contribution >= 4 is 17.5 Å². The minimum Gasteiger partial charge on any atom is -0.484 e. The second-order valence-corrected chi connectivity index (χ2v) is 7.93. The molecule has 2 amide bonds. The molecular formula is C21H28N4O3. The summed E-state index contributed by atoms with van der Waals surface area (Å²) in [5.74, 6) is 0.499. The Labute approximate surface area is 165 Å². The molecule has 0 radical (unpaired) electrons. The van der Waals surface area contributed by atoms with Crippen LogP contribution in [-0.4, -0.2) is 34.4 Å². The minimum absolute atomic E-state index is 0.101. The SMILES string of the molecule is CC(C)C(NC(=O)COc1ccccc1)C(=O)Nc1cnc(C(C)(C)C)nc1. The number of amides is 2. The van der Waals surface area contributed by atoms with Crippen LogP contribution < -0.4 is 15.4 Å². The van der Waals surface area contributed by atoms with E-state index < -0.39 is 6.04 Å². The van der Waals surface area contributed by atoms with Crippen LogP contribution in [0.15, 0.2) is 42.7 Å². The number of aromatic nitrogens is 2. The number of anilines is 1. The third-order valence-corrected chi connectivity index (χ3v) is 3.97. The summed E-state index contributed by atoms with van der Waals surface area (Å²) in [5.41, 5.74) is 0.314. The Morgan fingerprint density at radius 1 is 1.07 bits per heavy atom. The first kappa shape index (κ1) is 21.3. The highest BCUT2D eigenvalue weighted by Gasteiger charge is 2.25. The molecule has 2 rings (SSSR count). The summed E-state index contributed by atoms with van der Waals surface area (Å²) in [6, 6.07) is 8.34. The molecule has 1 aromatic carbocycles. The van der Waals surface area contributed by atoms with E-state index in [1.807, 2.05) is 52.8 Å². The van der Waals surface area contributed by atoms with Crippen LogP contribution in [0.25, 0.3) is 0 Å². The number of ether oxygens (including phenoxy) is 1. The highest BCUT2D eigenvalue weighted by atomic mass is 16.5. The van der Waals surface area contributed by atoms with E-state index in [2.05, 4.69) is 20.6 Å². The third-order valence-electron chi connectivity index (χ3n) is 3.97. The predicted octanol–water partition coefficient (Wildman–Crippen LogP) is 2.93. The summed E-state index contributed by atoms with van der Waals surface area (Å²) in [6.45, 7) is 9.61. The molecule has 28 heavy (non-hydrogen) atoms. The van der Waals surface area contributed by atoms with Crippen molar-refractivity contribution in [2.24, 2.45) is 5.92 Å². The molecule has 0 aliphatic carbocycles. The van der Waals surface area contributed by atoms with Crippen molar-refractivity contribution in [3.63, 3.8) is 0 Å². The summed E-state index contributed by atoms with van der Waals surface area (Å²) in [4.78, 5) is 33.4. The maximum Gasteiger partial charge on any atom is 0.258 e. The van der Waals surface area contributed by atoms with E-state index in [1.165, 1.54) is 0 Å². The molecule has 2 N–H and O–H groups in total. The minimum atomic E-state index is -0.700. The van der Waals surface area contributed by atoms with Crippen molar-refractivity contribution in [1.82, 2.24) is 15.3 Å². The molecule has 0 spiro atoms. The number of rotatable bonds is 7. The van der Waals surface area contributed by atoms with Gasteiger partial charge in [0.2, 0.25) is 5.91 Å². The number of nitrogens with one attached hydrogen (secondary N) is 2. The molecule has 0 saturated heterocycles. The third kappa shape index (κ3) is 6.33. The Bertz CT molecular complexity index is 784. The molecule has 0 fully saturated rings. The fourth-order valence-corrected chi connectivity index (χ4v) is 2.42. The first-order valence-corrected chi connectivity index (χ1v) is 9.27. The highest BCUT2D eigenvalue weighted by molar-refractivity contribution is 5.97. The van der Waals surface area contributed by atoms with Crippen LogP contribution in [0.1, 0.15) is 40.4 Å². The zero-order valence-electron chi connectivity index (χ0n) is 17.0. The van der Waals surface area contributed by atoms with Crippen molar-refractivity contribution in [3.05, 3.63) is 48.5 Å². The standard InChI is InChI=1S/C21H28N4O3/c1-14(2)18(25-17(26)13-28-16-9-7-6-8-10-16)19(27)24-15-11-22-20(23-12-15)21(3,4)5/h6-12,14,18H,13H2,1-5H3,(H,24,27)(H,25,26). The van der Waals surface area contributed by atoms with E-state index in [0.717, 1.165) is 0 Å². The predicted molar refractivity (Wildman–Crippen MR) is 108 cm³/mol. The Morgan fingerprint density at radius 2 is 1.68 bits per heavy atom. The van der Waals surface area contributed by atoms with E-state index in [-0.39, 0.29) is 29.8 Å². The topological polar surface area (TPSA) is 93.2 Å². The number of benzene rings is 1. The molecule has 1 aromatic heterocycles. The number of hydrogen-bond acceptors (Lipinski definition) is 5. The van der Waals surface area contributed by atoms with E-state index in [9.17, 15) is 9.59 Å². The van der Waals surface area contributed by atoms with Crippen LogP contribution in [0.5, 0.6) is 5.75 Å². The van der Waals surface area contributed by atoms with Crippen molar-refractivity contribution in [2.75, 3.05) is 11.9 Å². The number of carbonyl (C=O) groups is 2. The van der Waals surface area contributed by atoms with Gasteiger partial charge in [-0.1, -0.05) is 52.8 Å². The van der Waals surface area contributed by atoms with Gasteiger partial charge >= 0.3 is 0 Å². The van der Waals surface area contributed by atoms with E-state index in [1.54, 1.807) is 24.5 Å². The summed E-state index contributed by atoms with van der Waals surface area (Å²) in [7, 11) is 0. The number of carbonyl (C=O) groups excluding carboxylic acids is 2. The van der Waals surface area contributed by atoms with Gasteiger partial charge in [-0.05, 0) is 18.1 Å². The van der Waals surface area contributed by atoms with Gasteiger partial charge in [0.15, 0.2) is 6.61 Å². The van der Waals surface area contributed by atoms with Gasteiger partial charge in [0.05, 0.1) is 18.1 Å². The first-order chi connectivity index (χ1) is 13.2. The van der Waals surface area contributed by atoms with Gasteiger partial charge in [-0.2, -0.15) is 0 Å². The molecule has 7 heteroatoms. The van der Waals surface area contributed by atoms with Crippen LogP contribution in [0.4, 0.5) is 5.69 Å². The molecule has 1 heterocycles. The average molecular weight is 384 g/mol. The molecule has 7 nitrogen and oxygen atoms in total. The maximum absolute atomic E-state index is 12.6. The molecule has 0 aliphatic heterocycles. The lowest BCUT2D eigenvalue weighted by atomic mass is 9.96. The van der Waals surface area contributed by atoms with Crippen LogP contribution >= 0.6 is 0 Å². The number of hydrogen-bond donors (Lipinski definition) is 2. The van der Waals surface area contributed by atoms with E-state index in [0.29, 0.717) is 17.3 Å². The second kappa shape index (κ2) is 9.30. The van der Waals surface area contributed by atoms with Crippen LogP contribution in [-0.2, 0) is 15.0 Å². The van der Waals surface area contributed by atoms with Crippen molar-refractivity contribution in [2.45, 2.75) is 46.1 Å². The Morgan fingerprint density at radius 3 is 2.21 bits per heavy atom. The molecule has 0 aliphatic rings. The fraction of sp³-hybridized carbons (Fsp3) is 0.429. The zero-order valence-corrected chi connectivity index (χ0v) is 17.0. The van der Waals surface area contributed by atoms with Gasteiger partial charge < -0.3 is 15.4 Å². The Kier molecular flexibility index (Phi) is 7.09. The summed E-state index contributed by atoms with van der Waals surface area (Å²) in [5, 5.41) is 5.49. The van der Waals surface area contributed by atoms with Crippen LogP contribution in [0.3, 0.4) is 0 Å². The lowest BCUT2D eigenvalue weighted by Gasteiger charge is -2.22. The molecule has 150 valence electrons. The van der Waals surface area contributed by atoms with E-state index in [4.69, 9.17) is 4.74 Å². The summed E-state index contributed by atoms with van der Waals surface area (Å²) >= 11 is 0. The maximum atomic E-state index is 12.6. The monoisotopic (exact) mass is 384 g/mol. The molecular weight excluding hydrogens is 356 g/mol. The molecule has 1 atom stereocenters. The zero-order chi connectivity index (χ0) is 20.7. The van der Waals surface area contributed by atoms with Gasteiger partial charge in [0, 0.05) is 5.41 Å². The van der Waals surface area contributed by atoms with Gasteiger partial charge in [-0.3, -0.25) is 9.59 Å². The van der Waals surface area contributed by atoms with E-state index >= 15 is 0 Å². The first-order valence-electron chi connectivity index (χ1n) is 9.27.